The van der Waals surface area contributed by atoms with Crippen LogP contribution in [-0.2, 0) is 26.0 Å². The van der Waals surface area contributed by atoms with Crippen LogP contribution in [0.3, 0.4) is 0 Å². The Hall–Kier alpha value is -3.69. The molecule has 35 heavy (non-hydrogen) atoms. The topological polar surface area (TPSA) is 105 Å². The molecule has 184 valence electrons. The molecule has 0 fully saturated rings. The molecular formula is C26H29N3O5S. The summed E-state index contributed by atoms with van der Waals surface area (Å²) in [5.74, 6) is -0.949. The highest BCUT2D eigenvalue weighted by Crippen LogP contribution is 2.27. The van der Waals surface area contributed by atoms with Crippen molar-refractivity contribution in [3.63, 3.8) is 0 Å². The van der Waals surface area contributed by atoms with Gasteiger partial charge in [-0.2, -0.15) is 0 Å². The van der Waals surface area contributed by atoms with E-state index < -0.39 is 22.5 Å². The number of ether oxygens (including phenoxy) is 1. The third-order valence-electron chi connectivity index (χ3n) is 5.30. The van der Waals surface area contributed by atoms with Gasteiger partial charge in [0.15, 0.2) is 0 Å². The summed E-state index contributed by atoms with van der Waals surface area (Å²) in [6.07, 6.45) is 0.586. The molecule has 0 saturated carbocycles. The van der Waals surface area contributed by atoms with Crippen molar-refractivity contribution >= 4 is 33.2 Å². The van der Waals surface area contributed by atoms with Crippen LogP contribution in [0.15, 0.2) is 83.8 Å². The van der Waals surface area contributed by atoms with Crippen molar-refractivity contribution in [2.45, 2.75) is 18.2 Å². The number of para-hydroxylation sites is 2. The summed E-state index contributed by atoms with van der Waals surface area (Å²) in [7, 11) is -2.50. The number of anilines is 2. The standard InChI is InChI=1S/C26H29N3O5S/c1-3-20-11-7-10-16-24(20)29(35(32,33)21-12-5-4-6-13-21)19-25(30)28-23-15-9-8-14-22(23)26(31)27-17-18-34-2/h4-16H,3,17-19H2,1-2H3,(H,27,31)(H,28,30). The number of carbonyl (C=O) groups is 2. The van der Waals surface area contributed by atoms with E-state index in [-0.39, 0.29) is 22.1 Å². The van der Waals surface area contributed by atoms with Gasteiger partial charge in [-0.15, -0.1) is 0 Å². The van der Waals surface area contributed by atoms with E-state index in [1.807, 2.05) is 19.1 Å². The fourth-order valence-corrected chi connectivity index (χ4v) is 5.02. The van der Waals surface area contributed by atoms with Crippen molar-refractivity contribution in [3.8, 4) is 0 Å². The van der Waals surface area contributed by atoms with Crippen LogP contribution in [0, 0.1) is 0 Å². The van der Waals surface area contributed by atoms with Gasteiger partial charge in [-0.1, -0.05) is 55.5 Å². The SMILES string of the molecule is CCc1ccccc1N(CC(=O)Nc1ccccc1C(=O)NCCOC)S(=O)(=O)c1ccccc1. The molecular weight excluding hydrogens is 466 g/mol. The molecule has 0 spiro atoms. The maximum Gasteiger partial charge on any atom is 0.264 e. The van der Waals surface area contributed by atoms with Crippen LogP contribution in [-0.4, -0.2) is 47.0 Å². The second-order valence-electron chi connectivity index (χ2n) is 7.65. The summed E-state index contributed by atoms with van der Waals surface area (Å²) >= 11 is 0. The Balaban J connectivity index is 1.91. The summed E-state index contributed by atoms with van der Waals surface area (Å²) in [6, 6.07) is 21.6. The number of nitrogens with zero attached hydrogens (tertiary/aromatic N) is 1. The Bertz CT molecular complexity index is 1260. The zero-order valence-electron chi connectivity index (χ0n) is 19.7. The van der Waals surface area contributed by atoms with Gasteiger partial charge in [-0.3, -0.25) is 13.9 Å². The second-order valence-corrected chi connectivity index (χ2v) is 9.51. The highest BCUT2D eigenvalue weighted by atomic mass is 32.2. The van der Waals surface area contributed by atoms with Crippen LogP contribution in [0.1, 0.15) is 22.8 Å². The first-order chi connectivity index (χ1) is 16.9. The molecule has 3 aromatic carbocycles. The number of carbonyl (C=O) groups excluding carboxylic acids is 2. The van der Waals surface area contributed by atoms with Gasteiger partial charge in [0, 0.05) is 13.7 Å². The first-order valence-electron chi connectivity index (χ1n) is 11.2. The predicted molar refractivity (Wildman–Crippen MR) is 136 cm³/mol. The lowest BCUT2D eigenvalue weighted by molar-refractivity contribution is -0.114. The Morgan fingerprint density at radius 2 is 1.57 bits per heavy atom. The minimum Gasteiger partial charge on any atom is -0.383 e. The maximum atomic E-state index is 13.6. The number of hydrogen-bond acceptors (Lipinski definition) is 5. The summed E-state index contributed by atoms with van der Waals surface area (Å²) < 4.78 is 33.2. The first-order valence-corrected chi connectivity index (χ1v) is 12.6. The third kappa shape index (κ3) is 6.46. The van der Waals surface area contributed by atoms with E-state index >= 15 is 0 Å². The molecule has 0 heterocycles. The molecule has 0 saturated heterocycles. The normalized spacial score (nSPS) is 11.0. The minimum absolute atomic E-state index is 0.0802. The van der Waals surface area contributed by atoms with Crippen LogP contribution < -0.4 is 14.9 Å². The lowest BCUT2D eigenvalue weighted by Crippen LogP contribution is -2.39. The largest absolute Gasteiger partial charge is 0.383 e. The van der Waals surface area contributed by atoms with Crippen molar-refractivity contribution in [1.82, 2.24) is 5.32 Å². The van der Waals surface area contributed by atoms with Crippen molar-refractivity contribution in [3.05, 3.63) is 90.0 Å². The highest BCUT2D eigenvalue weighted by Gasteiger charge is 2.28. The number of hydrogen-bond donors (Lipinski definition) is 2. The van der Waals surface area contributed by atoms with Gasteiger partial charge in [-0.05, 0) is 42.3 Å². The van der Waals surface area contributed by atoms with Gasteiger partial charge in [0.1, 0.15) is 6.54 Å². The molecule has 0 bridgehead atoms. The van der Waals surface area contributed by atoms with Crippen molar-refractivity contribution in [2.24, 2.45) is 0 Å². The van der Waals surface area contributed by atoms with Crippen LogP contribution >= 0.6 is 0 Å². The fraction of sp³-hybridized carbons (Fsp3) is 0.231. The zero-order chi connectivity index (χ0) is 25.3. The van der Waals surface area contributed by atoms with Gasteiger partial charge < -0.3 is 15.4 Å². The number of benzene rings is 3. The number of sulfonamides is 1. The second kappa shape index (κ2) is 12.1. The average molecular weight is 496 g/mol. The monoisotopic (exact) mass is 495 g/mol. The first kappa shape index (κ1) is 25.9. The average Bonchev–Trinajstić information content (AvgIpc) is 2.88. The van der Waals surface area contributed by atoms with E-state index in [0.29, 0.717) is 25.3 Å². The van der Waals surface area contributed by atoms with Gasteiger partial charge in [0.25, 0.3) is 15.9 Å². The van der Waals surface area contributed by atoms with Crippen LogP contribution in [0.4, 0.5) is 11.4 Å². The Morgan fingerprint density at radius 3 is 2.29 bits per heavy atom. The molecule has 0 aliphatic rings. The molecule has 0 aliphatic carbocycles. The lowest BCUT2D eigenvalue weighted by Gasteiger charge is -2.26. The number of aryl methyl sites for hydroxylation is 1. The molecule has 8 nitrogen and oxygen atoms in total. The van der Waals surface area contributed by atoms with Crippen LogP contribution in [0.25, 0.3) is 0 Å². The van der Waals surface area contributed by atoms with Gasteiger partial charge in [-0.25, -0.2) is 8.42 Å². The Labute approximate surface area is 206 Å². The predicted octanol–water partition coefficient (Wildman–Crippen LogP) is 3.46. The zero-order valence-corrected chi connectivity index (χ0v) is 20.5. The van der Waals surface area contributed by atoms with Gasteiger partial charge >= 0.3 is 0 Å². The quantitative estimate of drug-likeness (QED) is 0.397. The molecule has 3 rings (SSSR count). The number of amides is 2. The lowest BCUT2D eigenvalue weighted by atomic mass is 10.1. The number of rotatable bonds is 11. The number of methoxy groups -OCH3 is 1. The van der Waals surface area contributed by atoms with Crippen LogP contribution in [0.5, 0.6) is 0 Å². The van der Waals surface area contributed by atoms with Gasteiger partial charge in [0.05, 0.1) is 28.4 Å². The van der Waals surface area contributed by atoms with E-state index in [4.69, 9.17) is 4.74 Å². The molecule has 0 aromatic heterocycles. The van der Waals surface area contributed by atoms with E-state index in [1.54, 1.807) is 54.6 Å². The molecule has 0 aliphatic heterocycles. The number of nitrogens with one attached hydrogen (secondary N) is 2. The molecule has 0 radical (unpaired) electrons. The molecule has 9 heteroatoms. The molecule has 2 N–H and O–H groups in total. The van der Waals surface area contributed by atoms with E-state index in [9.17, 15) is 18.0 Å². The van der Waals surface area contributed by atoms with E-state index in [2.05, 4.69) is 10.6 Å². The smallest absolute Gasteiger partial charge is 0.264 e. The molecule has 3 aromatic rings. The highest BCUT2D eigenvalue weighted by molar-refractivity contribution is 7.92. The molecule has 0 atom stereocenters. The summed E-state index contributed by atoms with van der Waals surface area (Å²) in [6.45, 7) is 2.12. The summed E-state index contributed by atoms with van der Waals surface area (Å²) in [4.78, 5) is 25.8. The maximum absolute atomic E-state index is 13.6. The third-order valence-corrected chi connectivity index (χ3v) is 7.07. The Kier molecular flexibility index (Phi) is 8.99. The summed E-state index contributed by atoms with van der Waals surface area (Å²) in [5.41, 5.74) is 1.77. The summed E-state index contributed by atoms with van der Waals surface area (Å²) in [5, 5.41) is 5.43. The van der Waals surface area contributed by atoms with Crippen molar-refractivity contribution in [2.75, 3.05) is 36.4 Å². The van der Waals surface area contributed by atoms with Gasteiger partial charge in [0.2, 0.25) is 5.91 Å². The van der Waals surface area contributed by atoms with Crippen LogP contribution in [0.2, 0.25) is 0 Å². The van der Waals surface area contributed by atoms with Crippen molar-refractivity contribution < 1.29 is 22.7 Å². The fourth-order valence-electron chi connectivity index (χ4n) is 3.54. The van der Waals surface area contributed by atoms with E-state index in [1.165, 1.54) is 19.2 Å². The molecule has 2 amide bonds. The van der Waals surface area contributed by atoms with Crippen molar-refractivity contribution in [1.29, 1.82) is 0 Å². The minimum atomic E-state index is -4.04. The Morgan fingerprint density at radius 1 is 0.914 bits per heavy atom. The molecule has 0 unspecified atom stereocenters. The van der Waals surface area contributed by atoms with E-state index in [0.717, 1.165) is 9.87 Å².